The number of likely N-dealkylation sites (tertiary alicyclic amines) is 1. The van der Waals surface area contributed by atoms with E-state index in [4.69, 9.17) is 14.2 Å². The van der Waals surface area contributed by atoms with Crippen LogP contribution >= 0.6 is 0 Å². The molecule has 7 nitrogen and oxygen atoms in total. The first-order valence-electron chi connectivity index (χ1n) is 11.7. The molecule has 33 heavy (non-hydrogen) atoms. The molecule has 1 N–H and O–H groups in total. The molecule has 7 heteroatoms. The first kappa shape index (κ1) is 21.6. The first-order valence-corrected chi connectivity index (χ1v) is 11.7. The summed E-state index contributed by atoms with van der Waals surface area (Å²) in [4.78, 5) is 28.4. The van der Waals surface area contributed by atoms with Gasteiger partial charge in [-0.05, 0) is 48.2 Å². The molecule has 0 spiro atoms. The van der Waals surface area contributed by atoms with Crippen LogP contribution in [0.25, 0.3) is 0 Å². The number of hydrogen-bond donors (Lipinski definition) is 1. The van der Waals surface area contributed by atoms with Crippen LogP contribution in [0, 0.1) is 11.8 Å². The lowest BCUT2D eigenvalue weighted by atomic mass is 9.88. The number of amides is 2. The summed E-state index contributed by atoms with van der Waals surface area (Å²) in [6, 6.07) is 13.5. The fourth-order valence-corrected chi connectivity index (χ4v) is 5.24. The van der Waals surface area contributed by atoms with Gasteiger partial charge in [0.2, 0.25) is 18.6 Å². The van der Waals surface area contributed by atoms with E-state index in [2.05, 4.69) is 5.32 Å². The Morgan fingerprint density at radius 1 is 1.03 bits per heavy atom. The van der Waals surface area contributed by atoms with Crippen molar-refractivity contribution < 1.29 is 23.8 Å². The molecule has 5 rings (SSSR count). The Labute approximate surface area is 194 Å². The zero-order chi connectivity index (χ0) is 22.8. The number of methoxy groups -OCH3 is 1. The van der Waals surface area contributed by atoms with Gasteiger partial charge in [0.25, 0.3) is 0 Å². The number of carbonyl (C=O) groups excluding carboxylic acids is 2. The van der Waals surface area contributed by atoms with Crippen molar-refractivity contribution in [3.63, 3.8) is 0 Å². The maximum absolute atomic E-state index is 13.3. The predicted molar refractivity (Wildman–Crippen MR) is 122 cm³/mol. The van der Waals surface area contributed by atoms with Gasteiger partial charge >= 0.3 is 0 Å². The molecule has 0 bridgehead atoms. The van der Waals surface area contributed by atoms with Gasteiger partial charge in [0, 0.05) is 31.5 Å². The molecule has 3 aliphatic rings. The van der Waals surface area contributed by atoms with Crippen LogP contribution in [0.15, 0.2) is 42.5 Å². The van der Waals surface area contributed by atoms with Gasteiger partial charge in [-0.25, -0.2) is 0 Å². The number of carbonyl (C=O) groups is 2. The minimum atomic E-state index is -0.294. The topological polar surface area (TPSA) is 77.1 Å². The maximum atomic E-state index is 13.3. The van der Waals surface area contributed by atoms with Crippen LogP contribution < -0.4 is 19.5 Å². The fraction of sp³-hybridized carbons (Fsp3) is 0.462. The molecule has 0 radical (unpaired) electrons. The molecule has 2 aromatic carbocycles. The molecule has 1 aliphatic carbocycles. The first-order chi connectivity index (χ1) is 16.1. The Morgan fingerprint density at radius 3 is 2.55 bits per heavy atom. The van der Waals surface area contributed by atoms with Gasteiger partial charge in [-0.1, -0.05) is 31.0 Å². The highest BCUT2D eigenvalue weighted by Gasteiger charge is 2.42. The lowest BCUT2D eigenvalue weighted by Gasteiger charge is -2.20. The lowest BCUT2D eigenvalue weighted by Crippen LogP contribution is -2.36. The summed E-state index contributed by atoms with van der Waals surface area (Å²) in [6.07, 6.45) is 4.16. The van der Waals surface area contributed by atoms with Crippen LogP contribution in [0.3, 0.4) is 0 Å². The van der Waals surface area contributed by atoms with Gasteiger partial charge < -0.3 is 24.4 Å². The molecule has 2 heterocycles. The van der Waals surface area contributed by atoms with Crippen LogP contribution in [0.4, 0.5) is 0 Å². The molecule has 0 aromatic heterocycles. The molecule has 174 valence electrons. The van der Waals surface area contributed by atoms with E-state index in [1.165, 1.54) is 0 Å². The van der Waals surface area contributed by atoms with Crippen molar-refractivity contribution in [3.8, 4) is 17.2 Å². The van der Waals surface area contributed by atoms with Gasteiger partial charge in [0.05, 0.1) is 13.0 Å². The number of rotatable bonds is 6. The van der Waals surface area contributed by atoms with Gasteiger partial charge in [0.1, 0.15) is 5.75 Å². The summed E-state index contributed by atoms with van der Waals surface area (Å²) < 4.78 is 16.1. The second-order valence-electron chi connectivity index (χ2n) is 9.12. The number of benzene rings is 2. The predicted octanol–water partition coefficient (Wildman–Crippen LogP) is 3.47. The third kappa shape index (κ3) is 4.49. The van der Waals surface area contributed by atoms with E-state index < -0.39 is 0 Å². The normalized spacial score (nSPS) is 21.9. The molecule has 2 aliphatic heterocycles. The van der Waals surface area contributed by atoms with Crippen molar-refractivity contribution in [1.29, 1.82) is 0 Å². The number of hydrogen-bond acceptors (Lipinski definition) is 5. The third-order valence-corrected chi connectivity index (χ3v) is 7.12. The molecule has 0 unspecified atom stereocenters. The van der Waals surface area contributed by atoms with Crippen molar-refractivity contribution in [2.24, 2.45) is 11.8 Å². The molecule has 1 saturated heterocycles. The van der Waals surface area contributed by atoms with E-state index >= 15 is 0 Å². The fourth-order valence-electron chi connectivity index (χ4n) is 5.24. The summed E-state index contributed by atoms with van der Waals surface area (Å²) in [6.45, 7) is 1.66. The van der Waals surface area contributed by atoms with Crippen molar-refractivity contribution in [2.45, 2.75) is 38.1 Å². The lowest BCUT2D eigenvalue weighted by molar-refractivity contribution is -0.134. The van der Waals surface area contributed by atoms with Crippen LogP contribution in [0.2, 0.25) is 0 Å². The summed E-state index contributed by atoms with van der Waals surface area (Å²) in [5.41, 5.74) is 2.01. The highest BCUT2D eigenvalue weighted by Crippen LogP contribution is 2.37. The second-order valence-corrected chi connectivity index (χ2v) is 9.12. The quantitative estimate of drug-likeness (QED) is 0.729. The Balaban J connectivity index is 1.31. The van der Waals surface area contributed by atoms with Crippen LogP contribution in [0.1, 0.15) is 42.7 Å². The molecule has 2 aromatic rings. The highest BCUT2D eigenvalue weighted by molar-refractivity contribution is 5.84. The number of fused-ring (bicyclic) bond motifs is 1. The Bertz CT molecular complexity index is 1020. The molecule has 2 atom stereocenters. The maximum Gasteiger partial charge on any atom is 0.231 e. The van der Waals surface area contributed by atoms with E-state index in [0.717, 1.165) is 48.3 Å². The summed E-state index contributed by atoms with van der Waals surface area (Å²) in [5, 5.41) is 3.09. The average molecular weight is 451 g/mol. The van der Waals surface area contributed by atoms with Gasteiger partial charge in [-0.3, -0.25) is 9.59 Å². The second kappa shape index (κ2) is 9.33. The Kier molecular flexibility index (Phi) is 6.11. The number of ether oxygens (including phenoxy) is 3. The monoisotopic (exact) mass is 450 g/mol. The van der Waals surface area contributed by atoms with Gasteiger partial charge in [-0.2, -0.15) is 0 Å². The summed E-state index contributed by atoms with van der Waals surface area (Å²) >= 11 is 0. The van der Waals surface area contributed by atoms with Crippen molar-refractivity contribution >= 4 is 11.8 Å². The Morgan fingerprint density at radius 2 is 1.79 bits per heavy atom. The highest BCUT2D eigenvalue weighted by atomic mass is 16.7. The minimum Gasteiger partial charge on any atom is -0.497 e. The third-order valence-electron chi connectivity index (χ3n) is 7.12. The molecule has 1 saturated carbocycles. The summed E-state index contributed by atoms with van der Waals surface area (Å²) in [5.74, 6) is 2.15. The van der Waals surface area contributed by atoms with Crippen LogP contribution in [-0.2, 0) is 16.1 Å². The average Bonchev–Trinajstić information content (AvgIpc) is 3.62. The molecular formula is C26H30N2O5. The molecule has 2 fully saturated rings. The van der Waals surface area contributed by atoms with Crippen molar-refractivity contribution in [3.05, 3.63) is 53.6 Å². The largest absolute Gasteiger partial charge is 0.497 e. The standard InChI is InChI=1S/C26H30N2O5/c1-31-20-9-7-18(8-10-20)21-14-28(26(30)19-4-2-3-5-19)15-22(21)25(29)27-13-17-6-11-23-24(12-17)33-16-32-23/h6-12,19,21-22H,2-5,13-16H2,1H3,(H,27,29)/t21-,22+/m1/s1. The SMILES string of the molecule is COc1ccc([C@H]2CN(C(=O)C3CCCC3)C[C@@H]2C(=O)NCc2ccc3c(c2)OCO3)cc1. The van der Waals surface area contributed by atoms with Gasteiger partial charge in [0.15, 0.2) is 11.5 Å². The molecular weight excluding hydrogens is 420 g/mol. The van der Waals surface area contributed by atoms with Gasteiger partial charge in [-0.15, -0.1) is 0 Å². The smallest absolute Gasteiger partial charge is 0.231 e. The minimum absolute atomic E-state index is 0.0322. The zero-order valence-electron chi connectivity index (χ0n) is 18.9. The van der Waals surface area contributed by atoms with E-state index in [1.807, 2.05) is 47.4 Å². The van der Waals surface area contributed by atoms with E-state index in [9.17, 15) is 9.59 Å². The van der Waals surface area contributed by atoms with E-state index in [-0.39, 0.29) is 36.4 Å². The summed E-state index contributed by atoms with van der Waals surface area (Å²) in [7, 11) is 1.64. The van der Waals surface area contributed by atoms with Crippen molar-refractivity contribution in [2.75, 3.05) is 27.0 Å². The van der Waals surface area contributed by atoms with Crippen molar-refractivity contribution in [1.82, 2.24) is 10.2 Å². The van der Waals surface area contributed by atoms with E-state index in [0.29, 0.717) is 25.4 Å². The zero-order valence-corrected chi connectivity index (χ0v) is 18.9. The number of nitrogens with zero attached hydrogens (tertiary/aromatic N) is 1. The van der Waals surface area contributed by atoms with Crippen LogP contribution in [-0.4, -0.2) is 43.7 Å². The Hall–Kier alpha value is -3.22. The van der Waals surface area contributed by atoms with Crippen LogP contribution in [0.5, 0.6) is 17.2 Å². The number of nitrogens with one attached hydrogen (secondary N) is 1. The molecule has 2 amide bonds. The van der Waals surface area contributed by atoms with E-state index in [1.54, 1.807) is 7.11 Å².